The average molecular weight is 501 g/mol. The minimum absolute atomic E-state index is 0. The summed E-state index contributed by atoms with van der Waals surface area (Å²) in [6.45, 7) is 2.25. The van der Waals surface area contributed by atoms with Gasteiger partial charge in [0.05, 0.1) is 0 Å². The van der Waals surface area contributed by atoms with Crippen LogP contribution in [0.3, 0.4) is 0 Å². The number of hydrogen-bond acceptors (Lipinski definition) is 4. The number of para-hydroxylation sites is 1. The van der Waals surface area contributed by atoms with E-state index in [-0.39, 0.29) is 57.1 Å². The van der Waals surface area contributed by atoms with Crippen molar-refractivity contribution in [3.63, 3.8) is 0 Å². The molecule has 178 valence electrons. The summed E-state index contributed by atoms with van der Waals surface area (Å²) in [6, 6.07) is 11.0. The zero-order valence-electron chi connectivity index (χ0n) is 20.2. The third-order valence-corrected chi connectivity index (χ3v) is 6.54. The molecule has 0 aliphatic rings. The largest absolute Gasteiger partial charge is 1.00 e. The fraction of sp³-hybridized carbons (Fsp3) is 0.538. The van der Waals surface area contributed by atoms with E-state index in [1.165, 1.54) is 82.8 Å². The summed E-state index contributed by atoms with van der Waals surface area (Å²) in [5, 5.41) is 12.1. The minimum atomic E-state index is -4.55. The Morgan fingerprint density at radius 2 is 1.36 bits per heavy atom. The second-order valence-corrected chi connectivity index (χ2v) is 9.84. The predicted octanol–water partition coefficient (Wildman–Crippen LogP) is 4.05. The van der Waals surface area contributed by atoms with E-state index in [4.69, 9.17) is 4.74 Å². The molecule has 0 fully saturated rings. The maximum Gasteiger partial charge on any atom is 1.00 e. The quantitative estimate of drug-likeness (QED) is 0.213. The van der Waals surface area contributed by atoms with Crippen LogP contribution in [-0.2, 0) is 16.5 Å². The topological polar surface area (TPSA) is 86.7 Å². The van der Waals surface area contributed by atoms with E-state index in [1.807, 2.05) is 18.2 Å². The third kappa shape index (κ3) is 12.2. The number of aryl methyl sites for hydroxylation is 1. The standard InChI is InChI=1S/C26H38O5S.K/c1-2-3-4-5-6-7-8-9-10-11-12-13-16-22-17-14-18-23(21-22)31-26-24(27)19-15-20-25(26)32(28,29)30;/h14-15,17-21,27H,2-13,16H2,1H3,(H,28,29,30);/q;+1/p-1. The van der Waals surface area contributed by atoms with Crippen LogP contribution in [0.15, 0.2) is 47.4 Å². The molecule has 0 bridgehead atoms. The minimum Gasteiger partial charge on any atom is -0.870 e. The fourth-order valence-electron chi connectivity index (χ4n) is 3.85. The van der Waals surface area contributed by atoms with Crippen molar-refractivity contribution in [2.75, 3.05) is 0 Å². The third-order valence-electron chi connectivity index (χ3n) is 5.66. The summed E-state index contributed by atoms with van der Waals surface area (Å²) < 4.78 is 38.0. The summed E-state index contributed by atoms with van der Waals surface area (Å²) in [5.74, 6) is -0.585. The van der Waals surface area contributed by atoms with Crippen LogP contribution in [0.2, 0.25) is 0 Å². The van der Waals surface area contributed by atoms with Gasteiger partial charge in [-0.3, -0.25) is 4.55 Å². The summed E-state index contributed by atoms with van der Waals surface area (Å²) in [4.78, 5) is -0.517. The molecule has 0 saturated heterocycles. The van der Waals surface area contributed by atoms with Crippen LogP contribution >= 0.6 is 0 Å². The number of unbranched alkanes of at least 4 members (excludes halogenated alkanes) is 11. The van der Waals surface area contributed by atoms with Crippen LogP contribution in [0, 0.1) is 0 Å². The molecule has 2 aromatic carbocycles. The molecule has 33 heavy (non-hydrogen) atoms. The Labute approximate surface area is 242 Å². The van der Waals surface area contributed by atoms with E-state index >= 15 is 0 Å². The summed E-state index contributed by atoms with van der Waals surface area (Å²) in [6.07, 6.45) is 16.5. The Bertz CT molecular complexity index is 915. The van der Waals surface area contributed by atoms with Crippen LogP contribution in [-0.4, -0.2) is 13.0 Å². The zero-order chi connectivity index (χ0) is 23.2. The number of hydrogen-bond donors (Lipinski definition) is 1. The molecular weight excluding hydrogens is 463 g/mol. The van der Waals surface area contributed by atoms with Gasteiger partial charge >= 0.3 is 51.4 Å². The van der Waals surface area contributed by atoms with Gasteiger partial charge in [-0.1, -0.05) is 108 Å². The molecule has 0 atom stereocenters. The van der Waals surface area contributed by atoms with E-state index in [9.17, 15) is 18.1 Å². The molecule has 0 aliphatic carbocycles. The fourth-order valence-corrected chi connectivity index (χ4v) is 4.48. The van der Waals surface area contributed by atoms with Crippen molar-refractivity contribution in [1.82, 2.24) is 0 Å². The monoisotopic (exact) mass is 500 g/mol. The molecular formula is C26H37KO5S. The molecule has 0 saturated carbocycles. The van der Waals surface area contributed by atoms with E-state index in [1.54, 1.807) is 6.07 Å². The first-order valence-electron chi connectivity index (χ1n) is 12.0. The normalized spacial score (nSPS) is 11.2. The number of benzene rings is 2. The summed E-state index contributed by atoms with van der Waals surface area (Å²) in [5.41, 5.74) is 1.08. The zero-order valence-corrected chi connectivity index (χ0v) is 24.2. The van der Waals surface area contributed by atoms with E-state index in [2.05, 4.69) is 6.92 Å². The van der Waals surface area contributed by atoms with Gasteiger partial charge in [-0.15, -0.1) is 0 Å². The van der Waals surface area contributed by atoms with Gasteiger partial charge in [-0.2, -0.15) is 8.42 Å². The number of rotatable bonds is 16. The van der Waals surface area contributed by atoms with Gasteiger partial charge in [0.25, 0.3) is 10.1 Å². The molecule has 0 aromatic heterocycles. The molecule has 0 spiro atoms. The Kier molecular flexibility index (Phi) is 15.9. The van der Waals surface area contributed by atoms with Gasteiger partial charge in [0, 0.05) is 0 Å². The van der Waals surface area contributed by atoms with Gasteiger partial charge in [-0.05, 0) is 36.6 Å². The Balaban J connectivity index is 0.00000544. The van der Waals surface area contributed by atoms with Crippen molar-refractivity contribution in [2.24, 2.45) is 0 Å². The molecule has 5 nitrogen and oxygen atoms in total. The Morgan fingerprint density at radius 3 is 1.94 bits per heavy atom. The number of ether oxygens (including phenoxy) is 1. The first-order valence-corrected chi connectivity index (χ1v) is 13.4. The molecule has 1 N–H and O–H groups in total. The maximum atomic E-state index is 12.1. The molecule has 2 aromatic rings. The van der Waals surface area contributed by atoms with Gasteiger partial charge in [-0.25, -0.2) is 0 Å². The van der Waals surface area contributed by atoms with Crippen molar-refractivity contribution in [1.29, 1.82) is 0 Å². The van der Waals surface area contributed by atoms with Gasteiger partial charge in [0.1, 0.15) is 16.4 Å². The maximum absolute atomic E-state index is 12.1. The molecule has 7 heteroatoms. The average Bonchev–Trinajstić information content (AvgIpc) is 2.75. The van der Waals surface area contributed by atoms with Crippen molar-refractivity contribution < 1.29 is 74.2 Å². The van der Waals surface area contributed by atoms with E-state index in [0.717, 1.165) is 24.5 Å². The molecule has 0 aliphatic heterocycles. The van der Waals surface area contributed by atoms with Gasteiger partial charge in [0.15, 0.2) is 0 Å². The smallest absolute Gasteiger partial charge is 0.870 e. The van der Waals surface area contributed by atoms with Gasteiger partial charge in [0.2, 0.25) is 0 Å². The van der Waals surface area contributed by atoms with Crippen LogP contribution in [0.4, 0.5) is 0 Å². The molecule has 0 heterocycles. The predicted molar refractivity (Wildman–Crippen MR) is 127 cm³/mol. The van der Waals surface area contributed by atoms with Crippen LogP contribution in [0.25, 0.3) is 0 Å². The first kappa shape index (κ1) is 30.6. The van der Waals surface area contributed by atoms with E-state index in [0.29, 0.717) is 5.75 Å². The SMILES string of the molecule is CCCCCCCCCCCCCCc1cccc(Oc2c([O-])cccc2S(=O)(=O)O)c1.[K+]. The first-order chi connectivity index (χ1) is 15.4. The second-order valence-electron chi connectivity index (χ2n) is 8.45. The molecule has 0 radical (unpaired) electrons. The summed E-state index contributed by atoms with van der Waals surface area (Å²) >= 11 is 0. The van der Waals surface area contributed by atoms with Crippen LogP contribution in [0.1, 0.15) is 89.5 Å². The van der Waals surface area contributed by atoms with Crippen LogP contribution in [0.5, 0.6) is 17.2 Å². The van der Waals surface area contributed by atoms with Crippen LogP contribution < -0.4 is 61.2 Å². The molecule has 0 unspecified atom stereocenters. The molecule has 0 amide bonds. The van der Waals surface area contributed by atoms with Gasteiger partial charge < -0.3 is 9.84 Å². The van der Waals surface area contributed by atoms with Crippen molar-refractivity contribution in [2.45, 2.75) is 95.3 Å². The Hall–Kier alpha value is -0.414. The van der Waals surface area contributed by atoms with Crippen molar-refractivity contribution in [3.8, 4) is 17.2 Å². The Morgan fingerprint density at radius 1 is 0.818 bits per heavy atom. The van der Waals surface area contributed by atoms with Crippen molar-refractivity contribution >= 4 is 10.1 Å². The van der Waals surface area contributed by atoms with Crippen molar-refractivity contribution in [3.05, 3.63) is 48.0 Å². The van der Waals surface area contributed by atoms with E-state index < -0.39 is 20.8 Å². The second kappa shape index (κ2) is 17.1. The molecule has 2 rings (SSSR count). The summed E-state index contributed by atoms with van der Waals surface area (Å²) in [7, 11) is -4.55.